The van der Waals surface area contributed by atoms with E-state index in [0.717, 1.165) is 64.2 Å². The molecule has 4 fully saturated rings. The Morgan fingerprint density at radius 2 is 1.14 bits per heavy atom. The van der Waals surface area contributed by atoms with Crippen molar-refractivity contribution in [3.63, 3.8) is 0 Å². The van der Waals surface area contributed by atoms with Gasteiger partial charge in [-0.05, 0) is 69.1 Å². The van der Waals surface area contributed by atoms with Crippen LogP contribution in [0.25, 0.3) is 0 Å². The van der Waals surface area contributed by atoms with Gasteiger partial charge in [-0.3, -0.25) is 20.4 Å². The Morgan fingerprint density at radius 3 is 1.60 bits per heavy atom. The molecule has 4 rings (SSSR count). The number of amides is 3. The summed E-state index contributed by atoms with van der Waals surface area (Å²) in [4.78, 5) is 54.1. The summed E-state index contributed by atoms with van der Waals surface area (Å²) in [5, 5.41) is 7.77. The van der Waals surface area contributed by atoms with Crippen molar-refractivity contribution in [3.05, 3.63) is 0 Å². The van der Waals surface area contributed by atoms with Gasteiger partial charge in [-0.2, -0.15) is 0 Å². The van der Waals surface area contributed by atoms with Gasteiger partial charge < -0.3 is 19.5 Å². The minimum atomic E-state index is -0.675. The Hall–Kier alpha value is -2.85. The van der Waals surface area contributed by atoms with Crippen LogP contribution in [0.5, 0.6) is 0 Å². The first kappa shape index (κ1) is 32.1. The van der Waals surface area contributed by atoms with E-state index in [1.165, 1.54) is 32.1 Å². The highest BCUT2D eigenvalue weighted by molar-refractivity contribution is 6.01. The smallest absolute Gasteiger partial charge is 0.413 e. The van der Waals surface area contributed by atoms with E-state index in [0.29, 0.717) is 50.4 Å². The molecule has 0 aromatic carbocycles. The molecule has 0 spiro atoms. The summed E-state index contributed by atoms with van der Waals surface area (Å²) in [5.74, 6) is 0.0618. The monoisotopic (exact) mass is 590 g/mol. The molecular weight excluding hydrogens is 540 g/mol. The Morgan fingerprint density at radius 1 is 0.690 bits per heavy atom. The fourth-order valence-electron chi connectivity index (χ4n) is 6.55. The molecule has 1 heterocycles. The van der Waals surface area contributed by atoms with Gasteiger partial charge in [0.25, 0.3) is 0 Å². The molecule has 3 aliphatic carbocycles. The van der Waals surface area contributed by atoms with Crippen LogP contribution in [0, 0.1) is 23.7 Å². The van der Waals surface area contributed by atoms with E-state index >= 15 is 0 Å². The van der Waals surface area contributed by atoms with Crippen molar-refractivity contribution < 1.29 is 33.4 Å². The van der Waals surface area contributed by atoms with Crippen LogP contribution in [-0.4, -0.2) is 62.4 Å². The van der Waals surface area contributed by atoms with Gasteiger partial charge in [-0.25, -0.2) is 14.4 Å². The molecule has 236 valence electrons. The maximum atomic E-state index is 12.6. The van der Waals surface area contributed by atoms with Gasteiger partial charge in [0.2, 0.25) is 11.9 Å². The topological polar surface area (TPSA) is 144 Å². The summed E-state index contributed by atoms with van der Waals surface area (Å²) < 4.78 is 16.4. The van der Waals surface area contributed by atoms with E-state index < -0.39 is 24.1 Å². The second-order valence-electron chi connectivity index (χ2n) is 12.6. The average Bonchev–Trinajstić information content (AvgIpc) is 3.01. The SMILES string of the molecule is O=C(NC(=NCCC[C@H]1C(=O)N[C@@H]1C(=O)OCC1CCCCC1)NC(=O)OCC1CCCCC1)OCC1CCCCC1. The molecule has 0 unspecified atom stereocenters. The lowest BCUT2D eigenvalue weighted by molar-refractivity contribution is -0.159. The lowest BCUT2D eigenvalue weighted by Crippen LogP contribution is -2.62. The number of aliphatic imine (C=N–C) groups is 1. The number of carbonyl (C=O) groups excluding carboxylic acids is 4. The van der Waals surface area contributed by atoms with Crippen molar-refractivity contribution in [3.8, 4) is 0 Å². The molecule has 11 heteroatoms. The molecular formula is C31H50N4O7. The lowest BCUT2D eigenvalue weighted by atomic mass is 9.86. The number of β-lactam (4-membered cyclic amide) rings is 1. The number of esters is 1. The zero-order valence-corrected chi connectivity index (χ0v) is 25.0. The zero-order chi connectivity index (χ0) is 29.6. The number of nitrogens with zero attached hydrogens (tertiary/aromatic N) is 1. The van der Waals surface area contributed by atoms with Crippen LogP contribution in [0.2, 0.25) is 0 Å². The molecule has 0 bridgehead atoms. The molecule has 3 saturated carbocycles. The van der Waals surface area contributed by atoms with Gasteiger partial charge >= 0.3 is 18.2 Å². The summed E-state index contributed by atoms with van der Waals surface area (Å²) in [5.41, 5.74) is 0. The van der Waals surface area contributed by atoms with Crippen LogP contribution < -0.4 is 16.0 Å². The molecule has 1 aliphatic heterocycles. The molecule has 2 atom stereocenters. The summed E-state index contributed by atoms with van der Waals surface area (Å²) in [7, 11) is 0. The number of hydrogen-bond donors (Lipinski definition) is 3. The van der Waals surface area contributed by atoms with E-state index in [-0.39, 0.29) is 24.4 Å². The summed E-state index contributed by atoms with van der Waals surface area (Å²) in [6, 6.07) is -0.634. The number of nitrogens with one attached hydrogen (secondary N) is 3. The van der Waals surface area contributed by atoms with Crippen molar-refractivity contribution >= 4 is 30.0 Å². The maximum absolute atomic E-state index is 12.6. The predicted molar refractivity (Wildman–Crippen MR) is 157 cm³/mol. The van der Waals surface area contributed by atoms with Gasteiger partial charge in [-0.1, -0.05) is 57.8 Å². The molecule has 11 nitrogen and oxygen atoms in total. The standard InChI is InChI=1S/C31H50N4O7/c36-27-25(26(33-27)28(37)40-19-22-11-4-1-5-12-22)17-10-18-32-29(34-30(38)41-20-23-13-6-2-7-14-23)35-31(39)42-21-24-15-8-3-9-16-24/h22-26H,1-21H2,(H,33,36)(H2,32,34,35,38,39)/t25-,26+/m1/s1. The molecule has 3 N–H and O–H groups in total. The second kappa shape index (κ2) is 17.3. The first-order valence-corrected chi connectivity index (χ1v) is 16.4. The van der Waals surface area contributed by atoms with Crippen molar-refractivity contribution in [1.82, 2.24) is 16.0 Å². The van der Waals surface area contributed by atoms with Crippen molar-refractivity contribution in [2.45, 2.75) is 115 Å². The Kier molecular flexibility index (Phi) is 13.2. The zero-order valence-electron chi connectivity index (χ0n) is 25.0. The highest BCUT2D eigenvalue weighted by atomic mass is 16.6. The molecule has 42 heavy (non-hydrogen) atoms. The Bertz CT molecular complexity index is 886. The molecule has 0 aromatic rings. The van der Waals surface area contributed by atoms with E-state index in [1.807, 2.05) is 0 Å². The molecule has 0 radical (unpaired) electrons. The third-order valence-electron chi connectivity index (χ3n) is 9.21. The second-order valence-corrected chi connectivity index (χ2v) is 12.6. The summed E-state index contributed by atoms with van der Waals surface area (Å²) >= 11 is 0. The van der Waals surface area contributed by atoms with E-state index in [2.05, 4.69) is 20.9 Å². The summed E-state index contributed by atoms with van der Waals surface area (Å²) in [6.45, 7) is 1.31. The van der Waals surface area contributed by atoms with Gasteiger partial charge in [0, 0.05) is 6.54 Å². The van der Waals surface area contributed by atoms with Gasteiger partial charge in [-0.15, -0.1) is 0 Å². The molecule has 3 amide bonds. The number of alkyl carbamates (subject to hydrolysis) is 2. The highest BCUT2D eigenvalue weighted by Gasteiger charge is 2.44. The van der Waals surface area contributed by atoms with Gasteiger partial charge in [0.15, 0.2) is 0 Å². The van der Waals surface area contributed by atoms with Crippen LogP contribution >= 0.6 is 0 Å². The molecule has 4 aliphatic rings. The fourth-order valence-corrected chi connectivity index (χ4v) is 6.55. The van der Waals surface area contributed by atoms with E-state index in [9.17, 15) is 19.2 Å². The number of guanidine groups is 1. The number of rotatable bonds is 11. The average molecular weight is 591 g/mol. The number of carbonyl (C=O) groups is 4. The van der Waals surface area contributed by atoms with Gasteiger partial charge in [0.05, 0.1) is 25.7 Å². The first-order valence-electron chi connectivity index (χ1n) is 16.4. The third kappa shape index (κ3) is 10.8. The van der Waals surface area contributed by atoms with Crippen LogP contribution in [0.3, 0.4) is 0 Å². The largest absolute Gasteiger partial charge is 0.464 e. The number of hydrogen-bond acceptors (Lipinski definition) is 8. The van der Waals surface area contributed by atoms with E-state index in [4.69, 9.17) is 14.2 Å². The highest BCUT2D eigenvalue weighted by Crippen LogP contribution is 2.27. The van der Waals surface area contributed by atoms with Crippen LogP contribution in [0.15, 0.2) is 4.99 Å². The molecule has 1 saturated heterocycles. The fraction of sp³-hybridized carbons (Fsp3) is 0.839. The van der Waals surface area contributed by atoms with Crippen molar-refractivity contribution in [2.24, 2.45) is 28.7 Å². The normalized spacial score (nSPS) is 23.6. The van der Waals surface area contributed by atoms with Crippen molar-refractivity contribution in [1.29, 1.82) is 0 Å². The minimum absolute atomic E-state index is 0.0428. The number of ether oxygens (including phenoxy) is 3. The predicted octanol–water partition coefficient (Wildman–Crippen LogP) is 4.97. The lowest BCUT2D eigenvalue weighted by Gasteiger charge is -2.35. The first-order chi connectivity index (χ1) is 20.5. The maximum Gasteiger partial charge on any atom is 0.413 e. The van der Waals surface area contributed by atoms with Crippen LogP contribution in [0.4, 0.5) is 9.59 Å². The Balaban J connectivity index is 1.22. The Labute approximate surface area is 249 Å². The van der Waals surface area contributed by atoms with Crippen LogP contribution in [-0.2, 0) is 23.8 Å². The summed E-state index contributed by atoms with van der Waals surface area (Å²) in [6.07, 6.45) is 16.5. The quantitative estimate of drug-likeness (QED) is 0.0769. The van der Waals surface area contributed by atoms with Crippen molar-refractivity contribution in [2.75, 3.05) is 26.4 Å². The van der Waals surface area contributed by atoms with Crippen LogP contribution in [0.1, 0.15) is 109 Å². The van der Waals surface area contributed by atoms with Gasteiger partial charge in [0.1, 0.15) is 6.04 Å². The minimum Gasteiger partial charge on any atom is -0.464 e. The molecule has 0 aromatic heterocycles. The third-order valence-corrected chi connectivity index (χ3v) is 9.21. The van der Waals surface area contributed by atoms with E-state index in [1.54, 1.807) is 0 Å².